The number of nitrogens with two attached hydrogens (primary N) is 1. The predicted octanol–water partition coefficient (Wildman–Crippen LogP) is 3.33. The van der Waals surface area contributed by atoms with Gasteiger partial charge in [-0.1, -0.05) is 6.07 Å². The minimum absolute atomic E-state index is 0.577. The van der Waals surface area contributed by atoms with Gasteiger partial charge in [-0.15, -0.1) is 11.3 Å². The van der Waals surface area contributed by atoms with Gasteiger partial charge in [-0.3, -0.25) is 9.97 Å². The molecule has 2 N–H and O–H groups in total. The van der Waals surface area contributed by atoms with Gasteiger partial charge in [0.15, 0.2) is 0 Å². The lowest BCUT2D eigenvalue weighted by molar-refractivity contribution is 1.11. The van der Waals surface area contributed by atoms with E-state index in [4.69, 9.17) is 5.73 Å². The summed E-state index contributed by atoms with van der Waals surface area (Å²) in [6, 6.07) is 10.2. The molecule has 0 saturated carbocycles. The van der Waals surface area contributed by atoms with Crippen LogP contribution in [0.1, 0.15) is 4.88 Å². The summed E-state index contributed by atoms with van der Waals surface area (Å²) in [6.07, 6.45) is 7.36. The lowest BCUT2D eigenvalue weighted by Gasteiger charge is -2.06. The third-order valence-corrected chi connectivity index (χ3v) is 4.06. The number of thiophene rings is 1. The molecule has 4 heteroatoms. The fraction of sp³-hybridized carbons (Fsp3) is 0.0667. The largest absolute Gasteiger partial charge is 0.326 e. The molecule has 0 aromatic carbocycles. The molecule has 3 heterocycles. The van der Waals surface area contributed by atoms with E-state index < -0.39 is 0 Å². The van der Waals surface area contributed by atoms with Crippen molar-refractivity contribution in [3.05, 3.63) is 60.0 Å². The Kier molecular flexibility index (Phi) is 3.35. The molecule has 0 aliphatic rings. The summed E-state index contributed by atoms with van der Waals surface area (Å²) in [5.41, 5.74) is 9.05. The molecule has 0 saturated heterocycles. The van der Waals surface area contributed by atoms with Gasteiger partial charge in [-0.05, 0) is 29.8 Å². The van der Waals surface area contributed by atoms with Crippen LogP contribution in [0, 0.1) is 0 Å². The van der Waals surface area contributed by atoms with Gasteiger partial charge in [-0.25, -0.2) is 0 Å². The molecular formula is C15H13N3S. The van der Waals surface area contributed by atoms with E-state index >= 15 is 0 Å². The molecule has 0 aliphatic carbocycles. The van der Waals surface area contributed by atoms with Crippen molar-refractivity contribution in [2.24, 2.45) is 5.73 Å². The second-order valence-corrected chi connectivity index (χ2v) is 5.30. The van der Waals surface area contributed by atoms with Gasteiger partial charge in [0.05, 0.1) is 0 Å². The smallest absolute Gasteiger partial charge is 0.0367 e. The van der Waals surface area contributed by atoms with E-state index in [1.54, 1.807) is 17.5 Å². The zero-order valence-corrected chi connectivity index (χ0v) is 11.1. The van der Waals surface area contributed by atoms with Crippen LogP contribution >= 0.6 is 11.3 Å². The molecule has 0 fully saturated rings. The maximum absolute atomic E-state index is 5.68. The van der Waals surface area contributed by atoms with Crippen molar-refractivity contribution in [1.82, 2.24) is 9.97 Å². The van der Waals surface area contributed by atoms with Gasteiger partial charge in [0.1, 0.15) is 0 Å². The topological polar surface area (TPSA) is 51.8 Å². The lowest BCUT2D eigenvalue weighted by atomic mass is 10.0. The number of hydrogen-bond acceptors (Lipinski definition) is 4. The zero-order chi connectivity index (χ0) is 13.1. The fourth-order valence-corrected chi connectivity index (χ4v) is 2.91. The first kappa shape index (κ1) is 12.0. The Labute approximate surface area is 115 Å². The Bertz CT molecular complexity index is 677. The molecule has 94 valence electrons. The van der Waals surface area contributed by atoms with Crippen LogP contribution in [0.5, 0.6) is 0 Å². The minimum Gasteiger partial charge on any atom is -0.326 e. The monoisotopic (exact) mass is 267 g/mol. The van der Waals surface area contributed by atoms with E-state index in [2.05, 4.69) is 28.2 Å². The van der Waals surface area contributed by atoms with Crippen LogP contribution < -0.4 is 5.73 Å². The lowest BCUT2D eigenvalue weighted by Crippen LogP contribution is -1.91. The number of pyridine rings is 2. The molecule has 3 rings (SSSR count). The van der Waals surface area contributed by atoms with Crippen molar-refractivity contribution >= 4 is 11.3 Å². The molecule has 0 bridgehead atoms. The predicted molar refractivity (Wildman–Crippen MR) is 78.7 cm³/mol. The van der Waals surface area contributed by atoms with E-state index in [0.29, 0.717) is 6.54 Å². The molecule has 3 nitrogen and oxygen atoms in total. The summed E-state index contributed by atoms with van der Waals surface area (Å²) in [6.45, 7) is 0.577. The first-order valence-corrected chi connectivity index (χ1v) is 6.83. The highest BCUT2D eigenvalue weighted by molar-refractivity contribution is 7.15. The Morgan fingerprint density at radius 2 is 1.84 bits per heavy atom. The highest BCUT2D eigenvalue weighted by atomic mass is 32.1. The van der Waals surface area contributed by atoms with Gasteiger partial charge >= 0.3 is 0 Å². The summed E-state index contributed by atoms with van der Waals surface area (Å²) >= 11 is 1.71. The third-order valence-electron chi connectivity index (χ3n) is 2.92. The highest BCUT2D eigenvalue weighted by Gasteiger charge is 2.09. The Morgan fingerprint density at radius 3 is 2.58 bits per heavy atom. The summed E-state index contributed by atoms with van der Waals surface area (Å²) in [7, 11) is 0. The van der Waals surface area contributed by atoms with Gasteiger partial charge in [-0.2, -0.15) is 0 Å². The second kappa shape index (κ2) is 5.30. The summed E-state index contributed by atoms with van der Waals surface area (Å²) in [5, 5.41) is 0. The quantitative estimate of drug-likeness (QED) is 0.792. The summed E-state index contributed by atoms with van der Waals surface area (Å²) in [5.74, 6) is 0. The maximum Gasteiger partial charge on any atom is 0.0367 e. The standard InChI is InChI=1S/C15H13N3S/c16-8-12-3-4-15(19-12)14-10-18-7-5-13(14)11-2-1-6-17-9-11/h1-7,9-10H,8,16H2. The number of aromatic nitrogens is 2. The van der Waals surface area contributed by atoms with Crippen LogP contribution in [-0.4, -0.2) is 9.97 Å². The Morgan fingerprint density at radius 1 is 0.947 bits per heavy atom. The number of rotatable bonds is 3. The fourth-order valence-electron chi connectivity index (χ4n) is 2.00. The van der Waals surface area contributed by atoms with Crippen molar-refractivity contribution < 1.29 is 0 Å². The molecule has 0 radical (unpaired) electrons. The first-order valence-electron chi connectivity index (χ1n) is 6.02. The van der Waals surface area contributed by atoms with Crippen LogP contribution in [0.25, 0.3) is 21.6 Å². The van der Waals surface area contributed by atoms with E-state index in [9.17, 15) is 0 Å². The van der Waals surface area contributed by atoms with Gasteiger partial charge < -0.3 is 5.73 Å². The second-order valence-electron chi connectivity index (χ2n) is 4.13. The highest BCUT2D eigenvalue weighted by Crippen LogP contribution is 2.34. The molecule has 0 spiro atoms. The van der Waals surface area contributed by atoms with Crippen LogP contribution in [-0.2, 0) is 6.54 Å². The zero-order valence-electron chi connectivity index (χ0n) is 10.3. The van der Waals surface area contributed by atoms with Crippen molar-refractivity contribution in [1.29, 1.82) is 0 Å². The molecule has 0 atom stereocenters. The average molecular weight is 267 g/mol. The van der Waals surface area contributed by atoms with Crippen molar-refractivity contribution in [2.75, 3.05) is 0 Å². The molecule has 3 aromatic rings. The molecule has 0 aliphatic heterocycles. The Hall–Kier alpha value is -2.04. The summed E-state index contributed by atoms with van der Waals surface area (Å²) < 4.78 is 0. The van der Waals surface area contributed by atoms with Crippen molar-refractivity contribution in [2.45, 2.75) is 6.54 Å². The minimum atomic E-state index is 0.577. The number of nitrogens with zero attached hydrogens (tertiary/aromatic N) is 2. The molecule has 19 heavy (non-hydrogen) atoms. The first-order chi connectivity index (χ1) is 9.38. The third kappa shape index (κ3) is 2.41. The van der Waals surface area contributed by atoms with E-state index in [1.807, 2.05) is 30.7 Å². The van der Waals surface area contributed by atoms with Crippen molar-refractivity contribution in [3.63, 3.8) is 0 Å². The average Bonchev–Trinajstić information content (AvgIpc) is 2.97. The molecule has 0 amide bonds. The summed E-state index contributed by atoms with van der Waals surface area (Å²) in [4.78, 5) is 10.8. The van der Waals surface area contributed by atoms with E-state index in [-0.39, 0.29) is 0 Å². The van der Waals surface area contributed by atoms with Gasteiger partial charge in [0, 0.05) is 52.2 Å². The Balaban J connectivity index is 2.12. The molecule has 3 aromatic heterocycles. The van der Waals surface area contributed by atoms with Gasteiger partial charge in [0.2, 0.25) is 0 Å². The van der Waals surface area contributed by atoms with E-state index in [0.717, 1.165) is 16.7 Å². The normalized spacial score (nSPS) is 10.6. The van der Waals surface area contributed by atoms with Crippen LogP contribution in [0.15, 0.2) is 55.1 Å². The van der Waals surface area contributed by atoms with Crippen LogP contribution in [0.2, 0.25) is 0 Å². The van der Waals surface area contributed by atoms with E-state index in [1.165, 1.54) is 9.75 Å². The SMILES string of the molecule is NCc1ccc(-c2cnccc2-c2cccnc2)s1. The molecular weight excluding hydrogens is 254 g/mol. The van der Waals surface area contributed by atoms with Gasteiger partial charge in [0.25, 0.3) is 0 Å². The number of hydrogen-bond donors (Lipinski definition) is 1. The van der Waals surface area contributed by atoms with Crippen molar-refractivity contribution in [3.8, 4) is 21.6 Å². The maximum atomic E-state index is 5.68. The van der Waals surface area contributed by atoms with Crippen LogP contribution in [0.4, 0.5) is 0 Å². The molecule has 0 unspecified atom stereocenters. The van der Waals surface area contributed by atoms with Crippen LogP contribution in [0.3, 0.4) is 0 Å².